The normalized spacial score (nSPS) is 30.6. The minimum absolute atomic E-state index is 0.00530. The highest BCUT2D eigenvalue weighted by molar-refractivity contribution is 7.98. The van der Waals surface area contributed by atoms with Crippen LogP contribution in [0.5, 0.6) is 0 Å². The van der Waals surface area contributed by atoms with E-state index in [0.29, 0.717) is 0 Å². The summed E-state index contributed by atoms with van der Waals surface area (Å²) in [5, 5.41) is 9.28. The van der Waals surface area contributed by atoms with E-state index in [0.717, 1.165) is 30.8 Å². The van der Waals surface area contributed by atoms with Gasteiger partial charge < -0.3 is 9.84 Å². The maximum atomic E-state index is 14.0. The Kier molecular flexibility index (Phi) is 4.89. The third-order valence-electron chi connectivity index (χ3n) is 4.56. The van der Waals surface area contributed by atoms with Gasteiger partial charge in [0.05, 0.1) is 0 Å². The monoisotopic (exact) mass is 370 g/mol. The highest BCUT2D eigenvalue weighted by Gasteiger charge is 2.65. The zero-order chi connectivity index (χ0) is 18.4. The van der Waals surface area contributed by atoms with E-state index in [1.807, 2.05) is 0 Å². The molecule has 3 nitrogen and oxygen atoms in total. The number of thioether (sulfide) groups is 1. The number of hydrogen-bond acceptors (Lipinski definition) is 3. The molecule has 24 heavy (non-hydrogen) atoms. The van der Waals surface area contributed by atoms with Crippen LogP contribution in [0.2, 0.25) is 0 Å². The van der Waals surface area contributed by atoms with Gasteiger partial charge in [0.25, 0.3) is 0 Å². The van der Waals surface area contributed by atoms with Crippen LogP contribution >= 0.6 is 11.8 Å². The number of alkyl halides is 3. The minimum atomic E-state index is -4.81. The van der Waals surface area contributed by atoms with Crippen molar-refractivity contribution >= 4 is 17.7 Å². The maximum Gasteiger partial charge on any atom is 0.417 e. The quantitative estimate of drug-likeness (QED) is 0.640. The number of rotatable bonds is 3. The lowest BCUT2D eigenvalue weighted by Gasteiger charge is -2.32. The number of halogens is 5. The molecule has 1 saturated heterocycles. The molecule has 0 spiro atoms. The van der Waals surface area contributed by atoms with E-state index < -0.39 is 47.3 Å². The molecule has 2 rings (SSSR count). The van der Waals surface area contributed by atoms with E-state index in [1.54, 1.807) is 0 Å². The average molecular weight is 370 g/mol. The van der Waals surface area contributed by atoms with Crippen molar-refractivity contribution in [3.05, 3.63) is 29.3 Å². The number of carboxylic acids is 1. The molecular formula is C15H15F5O3S. The summed E-state index contributed by atoms with van der Waals surface area (Å²) in [5.41, 5.74) is -2.71. The first kappa shape index (κ1) is 19.0. The second-order valence-electron chi connectivity index (χ2n) is 5.78. The van der Waals surface area contributed by atoms with Gasteiger partial charge in [-0.05, 0) is 24.8 Å². The highest BCUT2D eigenvalue weighted by Crippen LogP contribution is 2.54. The van der Waals surface area contributed by atoms with Gasteiger partial charge in [-0.2, -0.15) is 13.2 Å². The van der Waals surface area contributed by atoms with Crippen LogP contribution in [0.4, 0.5) is 22.0 Å². The summed E-state index contributed by atoms with van der Waals surface area (Å²) < 4.78 is 72.4. The van der Waals surface area contributed by atoms with E-state index in [1.165, 1.54) is 13.2 Å². The fourth-order valence-electron chi connectivity index (χ4n) is 3.03. The van der Waals surface area contributed by atoms with Gasteiger partial charge in [-0.25, -0.2) is 13.6 Å². The molecule has 4 atom stereocenters. The Balaban J connectivity index is 2.64. The predicted molar refractivity (Wildman–Crippen MR) is 77.0 cm³/mol. The first-order chi connectivity index (χ1) is 11.0. The zero-order valence-corrected chi connectivity index (χ0v) is 13.8. The molecule has 0 radical (unpaired) electrons. The summed E-state index contributed by atoms with van der Waals surface area (Å²) in [6.07, 6.45) is -5.20. The fraction of sp³-hybridized carbons (Fsp3) is 0.533. The Hall–Kier alpha value is -1.35. The predicted octanol–water partition coefficient (Wildman–Crippen LogP) is 4.21. The van der Waals surface area contributed by atoms with Gasteiger partial charge >= 0.3 is 12.1 Å². The molecule has 0 bridgehead atoms. The van der Waals surface area contributed by atoms with Crippen molar-refractivity contribution in [3.63, 3.8) is 0 Å². The molecule has 1 heterocycles. The number of carboxylic acid groups (broad SMARTS) is 1. The summed E-state index contributed by atoms with van der Waals surface area (Å²) in [6.45, 7) is 1.97. The lowest BCUT2D eigenvalue weighted by atomic mass is 9.77. The number of ether oxygens (including phenoxy) is 1. The number of carbonyl (C=O) groups is 1. The third-order valence-corrected chi connectivity index (χ3v) is 5.38. The van der Waals surface area contributed by atoms with Crippen molar-refractivity contribution in [1.29, 1.82) is 0 Å². The summed E-state index contributed by atoms with van der Waals surface area (Å²) in [5.74, 6) is -6.53. The topological polar surface area (TPSA) is 46.5 Å². The van der Waals surface area contributed by atoms with Crippen LogP contribution in [0.15, 0.2) is 17.0 Å². The third kappa shape index (κ3) is 2.77. The summed E-state index contributed by atoms with van der Waals surface area (Å²) >= 11 is 0.802. The molecule has 0 saturated carbocycles. The summed E-state index contributed by atoms with van der Waals surface area (Å²) in [4.78, 5) is 11.2. The van der Waals surface area contributed by atoms with Gasteiger partial charge in [0, 0.05) is 16.7 Å². The van der Waals surface area contributed by atoms with Crippen molar-refractivity contribution in [3.8, 4) is 0 Å². The number of aliphatic carboxylic acids is 1. The molecule has 1 aliphatic rings. The lowest BCUT2D eigenvalue weighted by molar-refractivity contribution is -0.273. The second-order valence-corrected chi connectivity index (χ2v) is 6.60. The molecule has 134 valence electrons. The van der Waals surface area contributed by atoms with E-state index in [-0.39, 0.29) is 10.5 Å². The molecule has 1 aromatic rings. The van der Waals surface area contributed by atoms with Gasteiger partial charge in [-0.3, -0.25) is 0 Å². The van der Waals surface area contributed by atoms with Gasteiger partial charge in [-0.1, -0.05) is 13.0 Å². The molecule has 1 fully saturated rings. The van der Waals surface area contributed by atoms with Gasteiger partial charge in [0.1, 0.15) is 0 Å². The number of benzene rings is 1. The first-order valence-electron chi connectivity index (χ1n) is 6.95. The maximum absolute atomic E-state index is 14.0. The van der Waals surface area contributed by atoms with Crippen molar-refractivity contribution in [2.75, 3.05) is 6.26 Å². The standard InChI is InChI=1S/C15H15F5O3S/c1-6-9(7-4-5-8(16)10(17)12(7)24-3)11(13(21)22)23-14(6,2)15(18,19)20/h4-6,9,11H,1-3H3,(H,21,22)/t6-,9-,11+,14+/m0/s1. The SMILES string of the molecule is CSc1c([C@H]2[C@H](C(=O)O)O[C@@](C)(C(F)(F)F)[C@H]2C)ccc(F)c1F. The Morgan fingerprint density at radius 1 is 1.33 bits per heavy atom. The van der Waals surface area contributed by atoms with Crippen LogP contribution < -0.4 is 0 Å². The van der Waals surface area contributed by atoms with E-state index in [2.05, 4.69) is 0 Å². The largest absolute Gasteiger partial charge is 0.479 e. The Labute approximate surface area is 139 Å². The number of hydrogen-bond donors (Lipinski definition) is 1. The van der Waals surface area contributed by atoms with Gasteiger partial charge in [0.2, 0.25) is 0 Å². The van der Waals surface area contributed by atoms with Crippen LogP contribution in [0.1, 0.15) is 25.3 Å². The molecule has 1 aromatic carbocycles. The molecule has 0 amide bonds. The Bertz CT molecular complexity index is 663. The van der Waals surface area contributed by atoms with Crippen LogP contribution in [-0.2, 0) is 9.53 Å². The van der Waals surface area contributed by atoms with Gasteiger partial charge in [0.15, 0.2) is 23.3 Å². The highest BCUT2D eigenvalue weighted by atomic mass is 32.2. The molecule has 1 aliphatic heterocycles. The zero-order valence-electron chi connectivity index (χ0n) is 12.9. The smallest absolute Gasteiger partial charge is 0.417 e. The molecule has 1 N–H and O–H groups in total. The van der Waals surface area contributed by atoms with Crippen LogP contribution in [0.3, 0.4) is 0 Å². The Morgan fingerprint density at radius 3 is 2.38 bits per heavy atom. The van der Waals surface area contributed by atoms with Crippen molar-refractivity contribution in [2.24, 2.45) is 5.92 Å². The second kappa shape index (κ2) is 6.18. The van der Waals surface area contributed by atoms with Crippen LogP contribution in [0, 0.1) is 17.6 Å². The van der Waals surface area contributed by atoms with Crippen LogP contribution in [-0.4, -0.2) is 35.2 Å². The van der Waals surface area contributed by atoms with Gasteiger partial charge in [-0.15, -0.1) is 11.8 Å². The Morgan fingerprint density at radius 2 is 1.92 bits per heavy atom. The molecule has 0 aliphatic carbocycles. The summed E-state index contributed by atoms with van der Waals surface area (Å²) in [7, 11) is 0. The van der Waals surface area contributed by atoms with E-state index in [4.69, 9.17) is 4.74 Å². The molecule has 0 unspecified atom stereocenters. The lowest BCUT2D eigenvalue weighted by Crippen LogP contribution is -2.47. The van der Waals surface area contributed by atoms with Crippen molar-refractivity contribution in [2.45, 2.75) is 42.5 Å². The first-order valence-corrected chi connectivity index (χ1v) is 8.17. The van der Waals surface area contributed by atoms with Crippen LogP contribution in [0.25, 0.3) is 0 Å². The van der Waals surface area contributed by atoms with E-state index >= 15 is 0 Å². The summed E-state index contributed by atoms with van der Waals surface area (Å²) in [6, 6.07) is 1.89. The molecule has 9 heteroatoms. The molecular weight excluding hydrogens is 355 g/mol. The van der Waals surface area contributed by atoms with E-state index in [9.17, 15) is 31.9 Å². The average Bonchev–Trinajstić information content (AvgIpc) is 2.75. The van der Waals surface area contributed by atoms with Crippen molar-refractivity contribution in [1.82, 2.24) is 0 Å². The minimum Gasteiger partial charge on any atom is -0.479 e. The van der Waals surface area contributed by atoms with Crippen molar-refractivity contribution < 1.29 is 36.6 Å². The molecule has 0 aromatic heterocycles. The fourth-order valence-corrected chi connectivity index (χ4v) is 3.74.